The van der Waals surface area contributed by atoms with E-state index in [2.05, 4.69) is 0 Å². The smallest absolute Gasteiger partial charge is 0.348 e. The molecular formula is C19H21NO7S. The number of nitrogen functional groups attached to an aromatic ring is 1. The molecule has 150 valence electrons. The summed E-state index contributed by atoms with van der Waals surface area (Å²) < 4.78 is 19.7. The van der Waals surface area contributed by atoms with E-state index in [4.69, 9.17) is 24.7 Å². The first-order chi connectivity index (χ1) is 13.4. The van der Waals surface area contributed by atoms with Crippen molar-refractivity contribution in [1.82, 2.24) is 0 Å². The minimum absolute atomic E-state index is 0.0101. The van der Waals surface area contributed by atoms with Gasteiger partial charge in [0, 0.05) is 12.0 Å². The molecule has 0 aliphatic heterocycles. The predicted octanol–water partition coefficient (Wildman–Crippen LogP) is 2.59. The second-order valence-corrected chi connectivity index (χ2v) is 6.69. The SMILES string of the molecule is COC(=O)c1sc(N)c(C(=O)OC)c1COC(=O)CCc1ccc(OC)cc1. The lowest BCUT2D eigenvalue weighted by atomic mass is 10.1. The molecule has 0 saturated carbocycles. The molecule has 8 nitrogen and oxygen atoms in total. The van der Waals surface area contributed by atoms with Gasteiger partial charge in [-0.15, -0.1) is 11.3 Å². The van der Waals surface area contributed by atoms with Gasteiger partial charge >= 0.3 is 17.9 Å². The van der Waals surface area contributed by atoms with Gasteiger partial charge in [-0.2, -0.15) is 0 Å². The van der Waals surface area contributed by atoms with Gasteiger partial charge in [0.25, 0.3) is 0 Å². The molecule has 1 aromatic heterocycles. The van der Waals surface area contributed by atoms with Gasteiger partial charge in [0.15, 0.2) is 0 Å². The maximum absolute atomic E-state index is 12.1. The fourth-order valence-corrected chi connectivity index (χ4v) is 3.45. The Kier molecular flexibility index (Phi) is 7.39. The topological polar surface area (TPSA) is 114 Å². The van der Waals surface area contributed by atoms with Crippen LogP contribution in [0.15, 0.2) is 24.3 Å². The van der Waals surface area contributed by atoms with Gasteiger partial charge in [-0.05, 0) is 24.1 Å². The average Bonchev–Trinajstić information content (AvgIpc) is 3.05. The first-order valence-corrected chi connectivity index (χ1v) is 9.09. The largest absolute Gasteiger partial charge is 0.497 e. The molecule has 0 fully saturated rings. The van der Waals surface area contributed by atoms with Crippen LogP contribution in [0.25, 0.3) is 0 Å². The second-order valence-electron chi connectivity index (χ2n) is 5.64. The fourth-order valence-electron chi connectivity index (χ4n) is 2.47. The first-order valence-electron chi connectivity index (χ1n) is 8.27. The van der Waals surface area contributed by atoms with Crippen LogP contribution >= 0.6 is 11.3 Å². The summed E-state index contributed by atoms with van der Waals surface area (Å²) in [7, 11) is 3.98. The maximum Gasteiger partial charge on any atom is 0.348 e. The van der Waals surface area contributed by atoms with E-state index in [0.29, 0.717) is 6.42 Å². The highest BCUT2D eigenvalue weighted by Crippen LogP contribution is 2.33. The van der Waals surface area contributed by atoms with Crippen LogP contribution in [-0.4, -0.2) is 39.2 Å². The number of rotatable bonds is 8. The van der Waals surface area contributed by atoms with Crippen LogP contribution in [-0.2, 0) is 32.0 Å². The summed E-state index contributed by atoms with van der Waals surface area (Å²) in [5.74, 6) is -1.14. The molecule has 0 spiro atoms. The number of anilines is 1. The molecule has 1 aromatic carbocycles. The van der Waals surface area contributed by atoms with Gasteiger partial charge < -0.3 is 24.7 Å². The van der Waals surface area contributed by atoms with Crippen LogP contribution in [0.4, 0.5) is 5.00 Å². The number of esters is 3. The van der Waals surface area contributed by atoms with Crippen molar-refractivity contribution in [3.63, 3.8) is 0 Å². The summed E-state index contributed by atoms with van der Waals surface area (Å²) in [5, 5.41) is 0.0940. The number of nitrogens with two attached hydrogens (primary N) is 1. The number of thiophene rings is 1. The zero-order chi connectivity index (χ0) is 20.7. The Morgan fingerprint density at radius 1 is 1.00 bits per heavy atom. The minimum atomic E-state index is -0.715. The third kappa shape index (κ3) is 5.01. The van der Waals surface area contributed by atoms with Gasteiger partial charge in [0.2, 0.25) is 0 Å². The molecule has 0 saturated heterocycles. The van der Waals surface area contributed by atoms with Crippen molar-refractivity contribution in [1.29, 1.82) is 0 Å². The van der Waals surface area contributed by atoms with Crippen molar-refractivity contribution >= 4 is 34.2 Å². The van der Waals surface area contributed by atoms with Crippen LogP contribution in [0.1, 0.15) is 37.6 Å². The molecule has 2 rings (SSSR count). The maximum atomic E-state index is 12.1. The average molecular weight is 407 g/mol. The molecule has 0 aliphatic rings. The van der Waals surface area contributed by atoms with Crippen molar-refractivity contribution < 1.29 is 33.3 Å². The molecule has 0 unspecified atom stereocenters. The Bertz CT molecular complexity index is 858. The van der Waals surface area contributed by atoms with Crippen LogP contribution < -0.4 is 10.5 Å². The molecule has 2 N–H and O–H groups in total. The Morgan fingerprint density at radius 3 is 2.21 bits per heavy atom. The molecule has 0 radical (unpaired) electrons. The summed E-state index contributed by atoms with van der Waals surface area (Å²) in [5.41, 5.74) is 6.97. The lowest BCUT2D eigenvalue weighted by molar-refractivity contribution is -0.144. The molecule has 2 aromatic rings. The molecule has 0 aliphatic carbocycles. The van der Waals surface area contributed by atoms with Gasteiger partial charge in [-0.25, -0.2) is 9.59 Å². The number of methoxy groups -OCH3 is 3. The van der Waals surface area contributed by atoms with Crippen LogP contribution in [0.2, 0.25) is 0 Å². The molecule has 28 heavy (non-hydrogen) atoms. The van der Waals surface area contributed by atoms with E-state index in [1.807, 2.05) is 12.1 Å². The lowest BCUT2D eigenvalue weighted by Crippen LogP contribution is -2.13. The van der Waals surface area contributed by atoms with E-state index in [1.54, 1.807) is 19.2 Å². The fraction of sp³-hybridized carbons (Fsp3) is 0.316. The summed E-state index contributed by atoms with van der Waals surface area (Å²) in [6.07, 6.45) is 0.607. The summed E-state index contributed by atoms with van der Waals surface area (Å²) in [6.45, 7) is -0.288. The van der Waals surface area contributed by atoms with Gasteiger partial charge in [0.1, 0.15) is 27.8 Å². The quantitative estimate of drug-likeness (QED) is 0.525. The van der Waals surface area contributed by atoms with E-state index < -0.39 is 17.9 Å². The van der Waals surface area contributed by atoms with Crippen molar-refractivity contribution in [2.24, 2.45) is 0 Å². The number of carbonyl (C=O) groups is 3. The van der Waals surface area contributed by atoms with Crippen LogP contribution in [0.5, 0.6) is 5.75 Å². The number of carbonyl (C=O) groups excluding carboxylic acids is 3. The van der Waals surface area contributed by atoms with Gasteiger partial charge in [-0.1, -0.05) is 12.1 Å². The second kappa shape index (κ2) is 9.75. The number of hydrogen-bond acceptors (Lipinski definition) is 9. The van der Waals surface area contributed by atoms with Gasteiger partial charge in [-0.3, -0.25) is 4.79 Å². The monoisotopic (exact) mass is 407 g/mol. The Morgan fingerprint density at radius 2 is 1.64 bits per heavy atom. The molecular weight excluding hydrogens is 386 g/mol. The number of benzene rings is 1. The standard InChI is InChI=1S/C19H21NO7S/c1-24-12-7-4-11(5-8-12)6-9-14(21)27-10-13-15(18(22)25-2)17(20)28-16(13)19(23)26-3/h4-5,7-8H,6,9-10,20H2,1-3H3. The third-order valence-corrected chi connectivity index (χ3v) is 4.99. The number of hydrogen-bond donors (Lipinski definition) is 1. The Labute approximate surface area is 166 Å². The van der Waals surface area contributed by atoms with E-state index in [9.17, 15) is 14.4 Å². The van der Waals surface area contributed by atoms with Gasteiger partial charge in [0.05, 0.1) is 21.3 Å². The summed E-state index contributed by atoms with van der Waals surface area (Å²) in [6, 6.07) is 7.33. The zero-order valence-electron chi connectivity index (χ0n) is 15.8. The highest BCUT2D eigenvalue weighted by atomic mass is 32.1. The molecule has 9 heteroatoms. The molecule has 0 bridgehead atoms. The summed E-state index contributed by atoms with van der Waals surface area (Å²) >= 11 is 0.882. The number of aryl methyl sites for hydroxylation is 1. The molecule has 0 amide bonds. The van der Waals surface area contributed by atoms with Crippen LogP contribution in [0.3, 0.4) is 0 Å². The lowest BCUT2D eigenvalue weighted by Gasteiger charge is -2.08. The number of ether oxygens (including phenoxy) is 4. The molecule has 0 atom stereocenters. The Balaban J connectivity index is 2.06. The van der Waals surface area contributed by atoms with Crippen molar-refractivity contribution in [3.8, 4) is 5.75 Å². The first kappa shape index (κ1) is 21.2. The van der Waals surface area contributed by atoms with Crippen molar-refractivity contribution in [2.45, 2.75) is 19.4 Å². The minimum Gasteiger partial charge on any atom is -0.497 e. The third-order valence-electron chi connectivity index (χ3n) is 3.95. The van der Waals surface area contributed by atoms with E-state index >= 15 is 0 Å². The van der Waals surface area contributed by atoms with E-state index in [1.165, 1.54) is 14.2 Å². The summed E-state index contributed by atoms with van der Waals surface area (Å²) in [4.78, 5) is 36.2. The van der Waals surface area contributed by atoms with E-state index in [0.717, 1.165) is 22.6 Å². The van der Waals surface area contributed by atoms with E-state index in [-0.39, 0.29) is 34.0 Å². The van der Waals surface area contributed by atoms with Crippen molar-refractivity contribution in [2.75, 3.05) is 27.1 Å². The highest BCUT2D eigenvalue weighted by Gasteiger charge is 2.28. The predicted molar refractivity (Wildman–Crippen MR) is 103 cm³/mol. The van der Waals surface area contributed by atoms with Crippen molar-refractivity contribution in [3.05, 3.63) is 45.8 Å². The highest BCUT2D eigenvalue weighted by molar-refractivity contribution is 7.18. The zero-order valence-corrected chi connectivity index (χ0v) is 16.6. The Hall–Kier alpha value is -3.07. The normalized spacial score (nSPS) is 10.2. The van der Waals surface area contributed by atoms with Crippen LogP contribution in [0, 0.1) is 0 Å². The molecule has 1 heterocycles.